The van der Waals surface area contributed by atoms with Crippen LogP contribution in [0.15, 0.2) is 54.6 Å². The van der Waals surface area contributed by atoms with E-state index in [4.69, 9.17) is 11.6 Å². The lowest BCUT2D eigenvalue weighted by Crippen LogP contribution is -2.25. The van der Waals surface area contributed by atoms with Gasteiger partial charge in [0.2, 0.25) is 0 Å². The standard InChI is InChI=1S/C15H14ClNO/c16-10-11-17-15(18)14-9-5-4-8-13(14)12-6-2-1-3-7-12/h1-9H,10-11H2,(H,17,18). The number of rotatable bonds is 4. The molecular formula is C15H14ClNO. The molecule has 0 unspecified atom stereocenters. The van der Waals surface area contributed by atoms with Gasteiger partial charge in [0.1, 0.15) is 0 Å². The summed E-state index contributed by atoms with van der Waals surface area (Å²) in [6.07, 6.45) is 0. The monoisotopic (exact) mass is 259 g/mol. The Morgan fingerprint density at radius 1 is 1.00 bits per heavy atom. The average Bonchev–Trinajstić information content (AvgIpc) is 2.45. The molecule has 18 heavy (non-hydrogen) atoms. The summed E-state index contributed by atoms with van der Waals surface area (Å²) in [4.78, 5) is 12.0. The van der Waals surface area contributed by atoms with Crippen molar-refractivity contribution in [1.82, 2.24) is 5.32 Å². The van der Waals surface area contributed by atoms with E-state index in [1.165, 1.54) is 0 Å². The molecule has 0 radical (unpaired) electrons. The van der Waals surface area contributed by atoms with Gasteiger partial charge in [0.05, 0.1) is 0 Å². The second kappa shape index (κ2) is 6.22. The Labute approximate surface area is 112 Å². The number of alkyl halides is 1. The zero-order chi connectivity index (χ0) is 12.8. The Morgan fingerprint density at radius 3 is 2.39 bits per heavy atom. The molecule has 0 saturated carbocycles. The van der Waals surface area contributed by atoms with Crippen LogP contribution in [0.1, 0.15) is 10.4 Å². The van der Waals surface area contributed by atoms with E-state index in [-0.39, 0.29) is 5.91 Å². The van der Waals surface area contributed by atoms with Crippen LogP contribution in [0.4, 0.5) is 0 Å². The predicted octanol–water partition coefficient (Wildman–Crippen LogP) is 3.32. The van der Waals surface area contributed by atoms with E-state index < -0.39 is 0 Å². The largest absolute Gasteiger partial charge is 0.351 e. The number of benzene rings is 2. The van der Waals surface area contributed by atoms with Crippen LogP contribution >= 0.6 is 11.6 Å². The van der Waals surface area contributed by atoms with Crippen molar-refractivity contribution >= 4 is 17.5 Å². The Morgan fingerprint density at radius 2 is 1.67 bits per heavy atom. The molecule has 0 fully saturated rings. The van der Waals surface area contributed by atoms with E-state index in [0.29, 0.717) is 18.0 Å². The summed E-state index contributed by atoms with van der Waals surface area (Å²) in [5.74, 6) is 0.328. The first-order chi connectivity index (χ1) is 8.83. The fourth-order valence-corrected chi connectivity index (χ4v) is 1.90. The van der Waals surface area contributed by atoms with Crippen molar-refractivity contribution in [3.05, 3.63) is 60.2 Å². The molecule has 92 valence electrons. The molecule has 3 heteroatoms. The number of amides is 1. The molecule has 0 aromatic heterocycles. The number of carbonyl (C=O) groups excluding carboxylic acids is 1. The van der Waals surface area contributed by atoms with Gasteiger partial charge in [-0.2, -0.15) is 0 Å². The first-order valence-corrected chi connectivity index (χ1v) is 6.35. The summed E-state index contributed by atoms with van der Waals surface area (Å²) in [6, 6.07) is 17.4. The van der Waals surface area contributed by atoms with Crippen LogP contribution in [-0.2, 0) is 0 Å². The van der Waals surface area contributed by atoms with Crippen LogP contribution in [0.2, 0.25) is 0 Å². The Balaban J connectivity index is 2.34. The molecule has 2 aromatic rings. The van der Waals surface area contributed by atoms with Crippen molar-refractivity contribution in [2.45, 2.75) is 0 Å². The summed E-state index contributed by atoms with van der Waals surface area (Å²) in [6.45, 7) is 0.476. The third-order valence-corrected chi connectivity index (χ3v) is 2.83. The predicted molar refractivity (Wildman–Crippen MR) is 74.9 cm³/mol. The van der Waals surface area contributed by atoms with Gasteiger partial charge in [-0.05, 0) is 17.2 Å². The van der Waals surface area contributed by atoms with Crippen molar-refractivity contribution in [2.75, 3.05) is 12.4 Å². The summed E-state index contributed by atoms with van der Waals surface area (Å²) in [5.41, 5.74) is 2.65. The minimum Gasteiger partial charge on any atom is -0.351 e. The lowest BCUT2D eigenvalue weighted by Gasteiger charge is -2.09. The molecule has 0 heterocycles. The molecule has 0 atom stereocenters. The molecule has 2 nitrogen and oxygen atoms in total. The fourth-order valence-electron chi connectivity index (χ4n) is 1.81. The minimum absolute atomic E-state index is 0.0879. The van der Waals surface area contributed by atoms with Gasteiger partial charge in [-0.25, -0.2) is 0 Å². The normalized spacial score (nSPS) is 10.1. The van der Waals surface area contributed by atoms with Gasteiger partial charge in [-0.15, -0.1) is 11.6 Å². The van der Waals surface area contributed by atoms with E-state index in [1.54, 1.807) is 0 Å². The number of hydrogen-bond acceptors (Lipinski definition) is 1. The van der Waals surface area contributed by atoms with Crippen LogP contribution < -0.4 is 5.32 Å². The van der Waals surface area contributed by atoms with Gasteiger partial charge in [-0.1, -0.05) is 48.5 Å². The van der Waals surface area contributed by atoms with Crippen LogP contribution in [0, 0.1) is 0 Å². The maximum Gasteiger partial charge on any atom is 0.251 e. The minimum atomic E-state index is -0.0879. The highest BCUT2D eigenvalue weighted by atomic mass is 35.5. The zero-order valence-corrected chi connectivity index (χ0v) is 10.7. The summed E-state index contributed by atoms with van der Waals surface area (Å²) in [7, 11) is 0. The zero-order valence-electron chi connectivity index (χ0n) is 9.90. The molecular weight excluding hydrogens is 246 g/mol. The van der Waals surface area contributed by atoms with Gasteiger partial charge < -0.3 is 5.32 Å². The SMILES string of the molecule is O=C(NCCCl)c1ccccc1-c1ccccc1. The van der Waals surface area contributed by atoms with Crippen molar-refractivity contribution in [3.8, 4) is 11.1 Å². The second-order valence-corrected chi connectivity index (χ2v) is 4.23. The Hall–Kier alpha value is -1.80. The highest BCUT2D eigenvalue weighted by Crippen LogP contribution is 2.23. The van der Waals surface area contributed by atoms with Crippen LogP contribution in [-0.4, -0.2) is 18.3 Å². The highest BCUT2D eigenvalue weighted by Gasteiger charge is 2.10. The molecule has 0 saturated heterocycles. The number of carbonyl (C=O) groups is 1. The van der Waals surface area contributed by atoms with Gasteiger partial charge in [-0.3, -0.25) is 4.79 Å². The van der Waals surface area contributed by atoms with Crippen molar-refractivity contribution in [3.63, 3.8) is 0 Å². The smallest absolute Gasteiger partial charge is 0.251 e. The maximum atomic E-state index is 12.0. The summed E-state index contributed by atoms with van der Waals surface area (Å²) < 4.78 is 0. The molecule has 2 aromatic carbocycles. The first kappa shape index (κ1) is 12.7. The van der Waals surface area contributed by atoms with Gasteiger partial charge in [0.25, 0.3) is 5.91 Å². The van der Waals surface area contributed by atoms with E-state index >= 15 is 0 Å². The number of hydrogen-bond donors (Lipinski definition) is 1. The van der Waals surface area contributed by atoms with E-state index in [2.05, 4.69) is 5.32 Å². The molecule has 0 aliphatic rings. The highest BCUT2D eigenvalue weighted by molar-refractivity contribution is 6.18. The van der Waals surface area contributed by atoms with Crippen LogP contribution in [0.5, 0.6) is 0 Å². The number of halogens is 1. The average molecular weight is 260 g/mol. The van der Waals surface area contributed by atoms with Gasteiger partial charge >= 0.3 is 0 Å². The molecule has 0 aliphatic carbocycles. The molecule has 2 rings (SSSR count). The summed E-state index contributed by atoms with van der Waals surface area (Å²) >= 11 is 5.58. The fraction of sp³-hybridized carbons (Fsp3) is 0.133. The van der Waals surface area contributed by atoms with Crippen molar-refractivity contribution in [1.29, 1.82) is 0 Å². The lowest BCUT2D eigenvalue weighted by atomic mass is 9.99. The van der Waals surface area contributed by atoms with E-state index in [1.807, 2.05) is 54.6 Å². The van der Waals surface area contributed by atoms with Crippen molar-refractivity contribution in [2.24, 2.45) is 0 Å². The topological polar surface area (TPSA) is 29.1 Å². The third-order valence-electron chi connectivity index (χ3n) is 2.64. The molecule has 0 aliphatic heterocycles. The molecule has 0 spiro atoms. The van der Waals surface area contributed by atoms with Gasteiger partial charge in [0, 0.05) is 18.0 Å². The molecule has 0 bridgehead atoms. The third kappa shape index (κ3) is 2.90. The van der Waals surface area contributed by atoms with Crippen LogP contribution in [0.25, 0.3) is 11.1 Å². The second-order valence-electron chi connectivity index (χ2n) is 3.86. The van der Waals surface area contributed by atoms with Crippen LogP contribution in [0.3, 0.4) is 0 Å². The van der Waals surface area contributed by atoms with E-state index in [0.717, 1.165) is 11.1 Å². The quantitative estimate of drug-likeness (QED) is 0.839. The molecule has 1 N–H and O–H groups in total. The molecule has 1 amide bonds. The number of nitrogens with one attached hydrogen (secondary N) is 1. The first-order valence-electron chi connectivity index (χ1n) is 5.81. The van der Waals surface area contributed by atoms with E-state index in [9.17, 15) is 4.79 Å². The van der Waals surface area contributed by atoms with Crippen molar-refractivity contribution < 1.29 is 4.79 Å². The van der Waals surface area contributed by atoms with Gasteiger partial charge in [0.15, 0.2) is 0 Å². The maximum absolute atomic E-state index is 12.0. The lowest BCUT2D eigenvalue weighted by molar-refractivity contribution is 0.0956. The summed E-state index contributed by atoms with van der Waals surface area (Å²) in [5, 5.41) is 2.79. The Bertz CT molecular complexity index is 525. The Kier molecular flexibility index (Phi) is 4.37.